The highest BCUT2D eigenvalue weighted by Crippen LogP contribution is 2.18. The van der Waals surface area contributed by atoms with Gasteiger partial charge in [-0.2, -0.15) is 0 Å². The van der Waals surface area contributed by atoms with Crippen LogP contribution in [0.2, 0.25) is 0 Å². The summed E-state index contributed by atoms with van der Waals surface area (Å²) in [4.78, 5) is 4.14. The van der Waals surface area contributed by atoms with Gasteiger partial charge in [-0.1, -0.05) is 25.5 Å². The number of nitrogens with zero attached hydrogens (tertiary/aromatic N) is 1. The fraction of sp³-hybridized carbons (Fsp3) is 0.312. The standard InChI is InChI=1S/C16H21N3O2S/c1-3-4-10-22(20,21)19-16-9-8-15(12-17-16)18-14-7-5-6-13(2)11-14/h5-9,11-12,18H,3-4,10H2,1-2H3,(H,17,19). The average molecular weight is 319 g/mol. The minimum atomic E-state index is -3.31. The molecule has 0 saturated heterocycles. The largest absolute Gasteiger partial charge is 0.354 e. The molecule has 22 heavy (non-hydrogen) atoms. The Morgan fingerprint density at radius 3 is 2.59 bits per heavy atom. The van der Waals surface area contributed by atoms with E-state index in [4.69, 9.17) is 0 Å². The molecule has 2 rings (SSSR count). The number of unbranched alkanes of at least 4 members (excludes halogenated alkanes) is 1. The Balaban J connectivity index is 2.01. The first-order valence-corrected chi connectivity index (χ1v) is 8.94. The molecule has 0 atom stereocenters. The zero-order chi connectivity index (χ0) is 16.0. The quantitative estimate of drug-likeness (QED) is 0.817. The SMILES string of the molecule is CCCCS(=O)(=O)Nc1ccc(Nc2cccc(C)c2)cn1. The number of nitrogens with one attached hydrogen (secondary N) is 2. The molecule has 1 heterocycles. The van der Waals surface area contributed by atoms with Crippen LogP contribution >= 0.6 is 0 Å². The highest BCUT2D eigenvalue weighted by molar-refractivity contribution is 7.92. The first kappa shape index (κ1) is 16.3. The first-order chi connectivity index (χ1) is 10.5. The average Bonchev–Trinajstić information content (AvgIpc) is 2.47. The van der Waals surface area contributed by atoms with E-state index in [1.807, 2.05) is 38.1 Å². The summed E-state index contributed by atoms with van der Waals surface area (Å²) in [5.74, 6) is 0.458. The molecule has 0 aliphatic heterocycles. The lowest BCUT2D eigenvalue weighted by atomic mass is 10.2. The molecule has 6 heteroatoms. The number of aromatic nitrogens is 1. The highest BCUT2D eigenvalue weighted by Gasteiger charge is 2.10. The molecule has 0 radical (unpaired) electrons. The Kier molecular flexibility index (Phi) is 5.38. The number of rotatable bonds is 7. The predicted octanol–water partition coefficient (Wildman–Crippen LogP) is 3.68. The molecule has 0 unspecified atom stereocenters. The molecule has 1 aromatic carbocycles. The van der Waals surface area contributed by atoms with Crippen molar-refractivity contribution in [2.24, 2.45) is 0 Å². The van der Waals surface area contributed by atoms with E-state index in [1.165, 1.54) is 5.56 Å². The Morgan fingerprint density at radius 2 is 1.95 bits per heavy atom. The van der Waals surface area contributed by atoms with Gasteiger partial charge in [-0.25, -0.2) is 13.4 Å². The zero-order valence-corrected chi connectivity index (χ0v) is 13.7. The molecular weight excluding hydrogens is 298 g/mol. The van der Waals surface area contributed by atoms with Crippen molar-refractivity contribution in [1.82, 2.24) is 4.98 Å². The van der Waals surface area contributed by atoms with Crippen LogP contribution in [0.5, 0.6) is 0 Å². The minimum Gasteiger partial charge on any atom is -0.354 e. The number of hydrogen-bond acceptors (Lipinski definition) is 4. The van der Waals surface area contributed by atoms with Crippen LogP contribution in [-0.4, -0.2) is 19.2 Å². The van der Waals surface area contributed by atoms with Gasteiger partial charge in [-0.05, 0) is 43.2 Å². The van der Waals surface area contributed by atoms with E-state index in [1.54, 1.807) is 18.3 Å². The molecule has 0 aliphatic carbocycles. The van der Waals surface area contributed by atoms with Crippen LogP contribution in [0.15, 0.2) is 42.6 Å². The maximum atomic E-state index is 11.8. The molecule has 0 spiro atoms. The normalized spacial score (nSPS) is 11.2. The maximum absolute atomic E-state index is 11.8. The lowest BCUT2D eigenvalue weighted by molar-refractivity contribution is 0.597. The first-order valence-electron chi connectivity index (χ1n) is 7.29. The number of anilines is 3. The van der Waals surface area contributed by atoms with E-state index in [2.05, 4.69) is 15.0 Å². The summed E-state index contributed by atoms with van der Waals surface area (Å²) in [5, 5.41) is 3.23. The molecule has 2 aromatic rings. The van der Waals surface area contributed by atoms with Crippen LogP contribution in [0.25, 0.3) is 0 Å². The van der Waals surface area contributed by atoms with Gasteiger partial charge < -0.3 is 5.32 Å². The monoisotopic (exact) mass is 319 g/mol. The van der Waals surface area contributed by atoms with E-state index in [0.717, 1.165) is 17.8 Å². The van der Waals surface area contributed by atoms with Crippen molar-refractivity contribution < 1.29 is 8.42 Å². The van der Waals surface area contributed by atoms with Crippen LogP contribution in [0.3, 0.4) is 0 Å². The summed E-state index contributed by atoms with van der Waals surface area (Å²) >= 11 is 0. The van der Waals surface area contributed by atoms with Crippen molar-refractivity contribution in [2.75, 3.05) is 15.8 Å². The van der Waals surface area contributed by atoms with Crippen molar-refractivity contribution in [1.29, 1.82) is 0 Å². The smallest absolute Gasteiger partial charge is 0.233 e. The Hall–Kier alpha value is -2.08. The van der Waals surface area contributed by atoms with E-state index < -0.39 is 10.0 Å². The van der Waals surface area contributed by atoms with E-state index >= 15 is 0 Å². The molecule has 0 aliphatic rings. The van der Waals surface area contributed by atoms with Gasteiger partial charge in [-0.3, -0.25) is 4.72 Å². The van der Waals surface area contributed by atoms with Gasteiger partial charge in [0.05, 0.1) is 17.6 Å². The molecule has 1 aromatic heterocycles. The molecule has 0 amide bonds. The number of benzene rings is 1. The summed E-state index contributed by atoms with van der Waals surface area (Å²) in [6.07, 6.45) is 3.09. The molecule has 5 nitrogen and oxygen atoms in total. The van der Waals surface area contributed by atoms with Crippen molar-refractivity contribution >= 4 is 27.2 Å². The van der Waals surface area contributed by atoms with Crippen LogP contribution in [0.1, 0.15) is 25.3 Å². The van der Waals surface area contributed by atoms with E-state index in [0.29, 0.717) is 12.2 Å². The van der Waals surface area contributed by atoms with E-state index in [9.17, 15) is 8.42 Å². The summed E-state index contributed by atoms with van der Waals surface area (Å²) in [7, 11) is -3.31. The molecular formula is C16H21N3O2S. The topological polar surface area (TPSA) is 71.1 Å². The third-order valence-electron chi connectivity index (χ3n) is 3.10. The van der Waals surface area contributed by atoms with Gasteiger partial charge in [0.1, 0.15) is 5.82 Å². The lowest BCUT2D eigenvalue weighted by Gasteiger charge is -2.09. The third kappa shape index (κ3) is 5.04. The summed E-state index contributed by atoms with van der Waals surface area (Å²) in [6, 6.07) is 11.4. The van der Waals surface area contributed by atoms with Gasteiger partial charge in [0.25, 0.3) is 0 Å². The second kappa shape index (κ2) is 7.26. The highest BCUT2D eigenvalue weighted by atomic mass is 32.2. The van der Waals surface area contributed by atoms with E-state index in [-0.39, 0.29) is 5.75 Å². The van der Waals surface area contributed by atoms with Crippen molar-refractivity contribution in [3.8, 4) is 0 Å². The van der Waals surface area contributed by atoms with Gasteiger partial charge in [0, 0.05) is 5.69 Å². The lowest BCUT2D eigenvalue weighted by Crippen LogP contribution is -2.17. The van der Waals surface area contributed by atoms with Crippen molar-refractivity contribution in [3.05, 3.63) is 48.2 Å². The number of hydrogen-bond donors (Lipinski definition) is 2. The molecule has 0 bridgehead atoms. The Morgan fingerprint density at radius 1 is 1.14 bits per heavy atom. The summed E-state index contributed by atoms with van der Waals surface area (Å²) < 4.78 is 26.1. The molecule has 2 N–H and O–H groups in total. The molecule has 0 fully saturated rings. The summed E-state index contributed by atoms with van der Waals surface area (Å²) in [6.45, 7) is 3.98. The second-order valence-electron chi connectivity index (χ2n) is 5.20. The summed E-state index contributed by atoms with van der Waals surface area (Å²) in [5.41, 5.74) is 2.94. The van der Waals surface area contributed by atoms with Crippen molar-refractivity contribution in [2.45, 2.75) is 26.7 Å². The van der Waals surface area contributed by atoms with Crippen LogP contribution in [0, 0.1) is 6.92 Å². The van der Waals surface area contributed by atoms with Gasteiger partial charge >= 0.3 is 0 Å². The Bertz CT molecular complexity index is 712. The molecule has 0 saturated carbocycles. The number of aryl methyl sites for hydroxylation is 1. The van der Waals surface area contributed by atoms with Crippen LogP contribution < -0.4 is 10.0 Å². The predicted molar refractivity (Wildman–Crippen MR) is 91.0 cm³/mol. The zero-order valence-electron chi connectivity index (χ0n) is 12.8. The van der Waals surface area contributed by atoms with Crippen molar-refractivity contribution in [3.63, 3.8) is 0 Å². The number of sulfonamides is 1. The van der Waals surface area contributed by atoms with Gasteiger partial charge in [0.2, 0.25) is 10.0 Å². The maximum Gasteiger partial charge on any atom is 0.233 e. The third-order valence-corrected chi connectivity index (χ3v) is 4.44. The van der Waals surface area contributed by atoms with Gasteiger partial charge in [0.15, 0.2) is 0 Å². The fourth-order valence-corrected chi connectivity index (χ4v) is 3.17. The van der Waals surface area contributed by atoms with Crippen LogP contribution in [0.4, 0.5) is 17.2 Å². The fourth-order valence-electron chi connectivity index (χ4n) is 1.96. The Labute approximate surface area is 131 Å². The van der Waals surface area contributed by atoms with Crippen LogP contribution in [-0.2, 0) is 10.0 Å². The second-order valence-corrected chi connectivity index (χ2v) is 7.04. The minimum absolute atomic E-state index is 0.120. The van der Waals surface area contributed by atoms with Gasteiger partial charge in [-0.15, -0.1) is 0 Å². The number of pyridine rings is 1. The molecule has 118 valence electrons.